The van der Waals surface area contributed by atoms with E-state index in [0.717, 1.165) is 11.5 Å². The maximum absolute atomic E-state index is 11.5. The molecule has 0 spiro atoms. The van der Waals surface area contributed by atoms with Crippen molar-refractivity contribution >= 4 is 23.5 Å². The van der Waals surface area contributed by atoms with Gasteiger partial charge in [-0.05, 0) is 23.8 Å². The third-order valence-electron chi connectivity index (χ3n) is 1.86. The van der Waals surface area contributed by atoms with Crippen LogP contribution in [0.5, 0.6) is 0 Å². The van der Waals surface area contributed by atoms with E-state index in [1.165, 1.54) is 0 Å². The summed E-state index contributed by atoms with van der Waals surface area (Å²) in [6.07, 6.45) is 2.22. The highest BCUT2D eigenvalue weighted by molar-refractivity contribution is 7.99. The Morgan fingerprint density at radius 1 is 1.50 bits per heavy atom. The smallest absolute Gasteiger partial charge is 0.226 e. The number of pyridine rings is 1. The highest BCUT2D eigenvalue weighted by atomic mass is 32.2. The summed E-state index contributed by atoms with van der Waals surface area (Å²) in [4.78, 5) is 15.5. The van der Waals surface area contributed by atoms with Gasteiger partial charge in [-0.2, -0.15) is 11.8 Å². The van der Waals surface area contributed by atoms with Gasteiger partial charge in [0, 0.05) is 18.4 Å². The van der Waals surface area contributed by atoms with Crippen LogP contribution in [0.15, 0.2) is 24.4 Å². The normalized spacial score (nSPS) is 10.4. The number of nitrogens with zero attached hydrogens (tertiary/aromatic N) is 1. The van der Waals surface area contributed by atoms with Gasteiger partial charge in [-0.1, -0.05) is 19.9 Å². The zero-order valence-corrected chi connectivity index (χ0v) is 10.6. The number of aromatic nitrogens is 1. The lowest BCUT2D eigenvalue weighted by atomic mass is 10.3. The van der Waals surface area contributed by atoms with Crippen molar-refractivity contribution in [1.29, 1.82) is 0 Å². The first-order valence-electron chi connectivity index (χ1n) is 5.47. The summed E-state index contributed by atoms with van der Waals surface area (Å²) in [5.74, 6) is 3.33. The largest absolute Gasteiger partial charge is 0.311 e. The van der Waals surface area contributed by atoms with Crippen molar-refractivity contribution in [2.24, 2.45) is 5.92 Å². The number of amides is 1. The molecular formula is C12H18N2OS. The third kappa shape index (κ3) is 5.75. The molecule has 0 fully saturated rings. The van der Waals surface area contributed by atoms with E-state index in [2.05, 4.69) is 24.1 Å². The highest BCUT2D eigenvalue weighted by Crippen LogP contribution is 2.09. The fraction of sp³-hybridized carbons (Fsp3) is 0.500. The number of thioether (sulfide) groups is 1. The molecule has 1 heterocycles. The van der Waals surface area contributed by atoms with Gasteiger partial charge in [-0.15, -0.1) is 0 Å². The summed E-state index contributed by atoms with van der Waals surface area (Å²) in [5.41, 5.74) is 0. The molecule has 0 saturated carbocycles. The molecule has 0 aromatic carbocycles. The van der Waals surface area contributed by atoms with E-state index in [4.69, 9.17) is 0 Å². The maximum Gasteiger partial charge on any atom is 0.226 e. The van der Waals surface area contributed by atoms with Gasteiger partial charge in [0.15, 0.2) is 0 Å². The Balaban J connectivity index is 2.17. The molecule has 1 aromatic rings. The zero-order valence-electron chi connectivity index (χ0n) is 9.77. The summed E-state index contributed by atoms with van der Waals surface area (Å²) in [6, 6.07) is 5.48. The molecule has 0 bridgehead atoms. The fourth-order valence-corrected chi connectivity index (χ4v) is 2.09. The number of carbonyl (C=O) groups excluding carboxylic acids is 1. The average molecular weight is 238 g/mol. The number of rotatable bonds is 6. The molecular weight excluding hydrogens is 220 g/mol. The maximum atomic E-state index is 11.5. The number of anilines is 1. The Bertz CT molecular complexity index is 314. The van der Waals surface area contributed by atoms with Crippen LogP contribution in [0.4, 0.5) is 5.82 Å². The van der Waals surface area contributed by atoms with Crippen LogP contribution in [-0.2, 0) is 4.79 Å². The van der Waals surface area contributed by atoms with Crippen molar-refractivity contribution in [3.8, 4) is 0 Å². The van der Waals surface area contributed by atoms with Gasteiger partial charge < -0.3 is 5.32 Å². The Morgan fingerprint density at radius 3 is 2.94 bits per heavy atom. The second-order valence-corrected chi connectivity index (χ2v) is 5.13. The second kappa shape index (κ2) is 7.28. The molecule has 0 radical (unpaired) electrons. The van der Waals surface area contributed by atoms with Crippen LogP contribution in [0.3, 0.4) is 0 Å². The van der Waals surface area contributed by atoms with Gasteiger partial charge in [0.2, 0.25) is 5.91 Å². The van der Waals surface area contributed by atoms with Crippen LogP contribution in [0.1, 0.15) is 20.3 Å². The molecule has 0 aliphatic heterocycles. The van der Waals surface area contributed by atoms with Gasteiger partial charge in [-0.3, -0.25) is 4.79 Å². The summed E-state index contributed by atoms with van der Waals surface area (Å²) in [7, 11) is 0. The molecule has 0 atom stereocenters. The Morgan fingerprint density at radius 2 is 2.31 bits per heavy atom. The predicted octanol–water partition coefficient (Wildman–Crippen LogP) is 2.80. The van der Waals surface area contributed by atoms with Crippen molar-refractivity contribution in [2.45, 2.75) is 20.3 Å². The minimum absolute atomic E-state index is 0.0370. The van der Waals surface area contributed by atoms with Crippen LogP contribution in [-0.4, -0.2) is 22.4 Å². The van der Waals surface area contributed by atoms with Gasteiger partial charge in [0.1, 0.15) is 5.82 Å². The van der Waals surface area contributed by atoms with E-state index in [1.807, 2.05) is 23.9 Å². The molecule has 4 heteroatoms. The lowest BCUT2D eigenvalue weighted by Gasteiger charge is -2.05. The average Bonchev–Trinajstić information content (AvgIpc) is 2.25. The fourth-order valence-electron chi connectivity index (χ4n) is 1.13. The number of hydrogen-bond acceptors (Lipinski definition) is 3. The van der Waals surface area contributed by atoms with Gasteiger partial charge >= 0.3 is 0 Å². The van der Waals surface area contributed by atoms with E-state index in [1.54, 1.807) is 12.3 Å². The third-order valence-corrected chi connectivity index (χ3v) is 3.25. The van der Waals surface area contributed by atoms with E-state index >= 15 is 0 Å². The molecule has 0 saturated heterocycles. The first kappa shape index (κ1) is 13.0. The van der Waals surface area contributed by atoms with Gasteiger partial charge in [-0.25, -0.2) is 4.98 Å². The highest BCUT2D eigenvalue weighted by Gasteiger charge is 2.03. The topological polar surface area (TPSA) is 42.0 Å². The molecule has 1 rings (SSSR count). The number of carbonyl (C=O) groups is 1. The number of nitrogens with one attached hydrogen (secondary N) is 1. The summed E-state index contributed by atoms with van der Waals surface area (Å²) < 4.78 is 0. The SMILES string of the molecule is CC(C)CSCCC(=O)Nc1ccccn1. The molecule has 3 nitrogen and oxygen atoms in total. The van der Waals surface area contributed by atoms with Crippen LogP contribution in [0.2, 0.25) is 0 Å². The van der Waals surface area contributed by atoms with E-state index in [-0.39, 0.29) is 5.91 Å². The second-order valence-electron chi connectivity index (χ2n) is 3.98. The van der Waals surface area contributed by atoms with Crippen molar-refractivity contribution in [1.82, 2.24) is 4.98 Å². The monoisotopic (exact) mass is 238 g/mol. The van der Waals surface area contributed by atoms with E-state index < -0.39 is 0 Å². The Hall–Kier alpha value is -1.03. The Labute approximate surface area is 101 Å². The standard InChI is InChI=1S/C12H18N2OS/c1-10(2)9-16-8-6-12(15)14-11-5-3-4-7-13-11/h3-5,7,10H,6,8-9H2,1-2H3,(H,13,14,15). The molecule has 1 aromatic heterocycles. The molecule has 1 amide bonds. The van der Waals surface area contributed by atoms with E-state index in [9.17, 15) is 4.79 Å². The molecule has 0 unspecified atom stereocenters. The zero-order chi connectivity index (χ0) is 11.8. The molecule has 1 N–H and O–H groups in total. The van der Waals surface area contributed by atoms with Crippen molar-refractivity contribution in [2.75, 3.05) is 16.8 Å². The van der Waals surface area contributed by atoms with Crippen LogP contribution >= 0.6 is 11.8 Å². The van der Waals surface area contributed by atoms with Crippen molar-refractivity contribution < 1.29 is 4.79 Å². The quantitative estimate of drug-likeness (QED) is 0.775. The lowest BCUT2D eigenvalue weighted by molar-refractivity contribution is -0.115. The minimum atomic E-state index is 0.0370. The van der Waals surface area contributed by atoms with Crippen molar-refractivity contribution in [3.63, 3.8) is 0 Å². The Kier molecular flexibility index (Phi) is 5.93. The first-order valence-corrected chi connectivity index (χ1v) is 6.62. The van der Waals surface area contributed by atoms with Crippen LogP contribution in [0.25, 0.3) is 0 Å². The van der Waals surface area contributed by atoms with Crippen LogP contribution < -0.4 is 5.32 Å². The molecule has 16 heavy (non-hydrogen) atoms. The van der Waals surface area contributed by atoms with E-state index in [0.29, 0.717) is 18.2 Å². The summed E-state index contributed by atoms with van der Waals surface area (Å²) >= 11 is 1.82. The molecule has 88 valence electrons. The summed E-state index contributed by atoms with van der Waals surface area (Å²) in [5, 5.41) is 2.77. The van der Waals surface area contributed by atoms with Crippen molar-refractivity contribution in [3.05, 3.63) is 24.4 Å². The van der Waals surface area contributed by atoms with Gasteiger partial charge in [0.25, 0.3) is 0 Å². The van der Waals surface area contributed by atoms with Crippen LogP contribution in [0, 0.1) is 5.92 Å². The first-order chi connectivity index (χ1) is 7.68. The molecule has 0 aliphatic carbocycles. The lowest BCUT2D eigenvalue weighted by Crippen LogP contribution is -2.13. The minimum Gasteiger partial charge on any atom is -0.311 e. The number of hydrogen-bond donors (Lipinski definition) is 1. The molecule has 0 aliphatic rings. The van der Waals surface area contributed by atoms with Gasteiger partial charge in [0.05, 0.1) is 0 Å². The summed E-state index contributed by atoms with van der Waals surface area (Å²) in [6.45, 7) is 4.36. The predicted molar refractivity (Wildman–Crippen MR) is 69.6 cm³/mol.